The molecule has 1 aliphatic carbocycles. The van der Waals surface area contributed by atoms with Crippen LogP contribution in [0.3, 0.4) is 0 Å². The molecule has 2 unspecified atom stereocenters. The van der Waals surface area contributed by atoms with Gasteiger partial charge in [0, 0.05) is 18.7 Å². The molecule has 0 saturated heterocycles. The van der Waals surface area contributed by atoms with E-state index >= 15 is 0 Å². The van der Waals surface area contributed by atoms with Crippen LogP contribution in [0.25, 0.3) is 0 Å². The molecule has 1 N–H and O–H groups in total. The summed E-state index contributed by atoms with van der Waals surface area (Å²) >= 11 is 0. The van der Waals surface area contributed by atoms with Crippen molar-refractivity contribution < 1.29 is 0 Å². The summed E-state index contributed by atoms with van der Waals surface area (Å²) in [6.07, 6.45) is 7.05. The van der Waals surface area contributed by atoms with Gasteiger partial charge in [-0.15, -0.1) is 0 Å². The van der Waals surface area contributed by atoms with E-state index in [4.69, 9.17) is 0 Å². The first kappa shape index (κ1) is 10.5. The first-order valence-corrected chi connectivity index (χ1v) is 6.09. The van der Waals surface area contributed by atoms with E-state index in [9.17, 15) is 0 Å². The first-order chi connectivity index (χ1) is 7.31. The summed E-state index contributed by atoms with van der Waals surface area (Å²) < 4.78 is 2.07. The van der Waals surface area contributed by atoms with E-state index in [2.05, 4.69) is 35.0 Å². The molecule has 0 amide bonds. The van der Waals surface area contributed by atoms with Crippen molar-refractivity contribution in [2.45, 2.75) is 52.1 Å². The fraction of sp³-hybridized carbons (Fsp3) is 0.750. The lowest BCUT2D eigenvalue weighted by atomic mass is 10.1. The van der Waals surface area contributed by atoms with Crippen molar-refractivity contribution in [1.82, 2.24) is 9.78 Å². The highest BCUT2D eigenvalue weighted by Gasteiger charge is 2.23. The Kier molecular flexibility index (Phi) is 3.29. The lowest BCUT2D eigenvalue weighted by molar-refractivity contribution is 0.541. The standard InChI is InChI=1S/C12H21N3/c1-3-9-15-12(7-8-13-15)14-11-6-4-5-10(11)2/h7-8,10-11,14H,3-6,9H2,1-2H3. The second-order valence-corrected chi connectivity index (χ2v) is 4.60. The zero-order valence-corrected chi connectivity index (χ0v) is 9.74. The van der Waals surface area contributed by atoms with E-state index in [1.54, 1.807) is 0 Å². The highest BCUT2D eigenvalue weighted by atomic mass is 15.3. The van der Waals surface area contributed by atoms with Gasteiger partial charge < -0.3 is 5.32 Å². The number of aromatic nitrogens is 2. The highest BCUT2D eigenvalue weighted by Crippen LogP contribution is 2.27. The molecule has 1 heterocycles. The summed E-state index contributed by atoms with van der Waals surface area (Å²) in [5, 5.41) is 7.95. The van der Waals surface area contributed by atoms with E-state index in [1.807, 2.05) is 6.20 Å². The fourth-order valence-electron chi connectivity index (χ4n) is 2.40. The minimum absolute atomic E-state index is 0.650. The van der Waals surface area contributed by atoms with Gasteiger partial charge in [-0.2, -0.15) is 5.10 Å². The maximum absolute atomic E-state index is 4.33. The van der Waals surface area contributed by atoms with Crippen LogP contribution < -0.4 is 5.32 Å². The Morgan fingerprint density at radius 1 is 1.53 bits per heavy atom. The Morgan fingerprint density at radius 3 is 3.07 bits per heavy atom. The van der Waals surface area contributed by atoms with Crippen LogP contribution in [0, 0.1) is 5.92 Å². The normalized spacial score (nSPS) is 25.7. The molecule has 0 radical (unpaired) electrons. The molecule has 1 aromatic rings. The van der Waals surface area contributed by atoms with E-state index in [0.717, 1.165) is 18.9 Å². The molecule has 0 aromatic carbocycles. The van der Waals surface area contributed by atoms with Gasteiger partial charge in [0.2, 0.25) is 0 Å². The van der Waals surface area contributed by atoms with Gasteiger partial charge in [0.1, 0.15) is 5.82 Å². The average molecular weight is 207 g/mol. The van der Waals surface area contributed by atoms with Gasteiger partial charge in [0.15, 0.2) is 0 Å². The fourth-order valence-corrected chi connectivity index (χ4v) is 2.40. The number of nitrogens with one attached hydrogen (secondary N) is 1. The Balaban J connectivity index is 2.00. The average Bonchev–Trinajstić information content (AvgIpc) is 2.80. The number of rotatable bonds is 4. The molecule has 1 saturated carbocycles. The largest absolute Gasteiger partial charge is 0.367 e. The zero-order valence-electron chi connectivity index (χ0n) is 9.74. The highest BCUT2D eigenvalue weighted by molar-refractivity contribution is 5.35. The third kappa shape index (κ3) is 2.33. The zero-order chi connectivity index (χ0) is 10.7. The van der Waals surface area contributed by atoms with Crippen molar-refractivity contribution in [2.75, 3.05) is 5.32 Å². The van der Waals surface area contributed by atoms with Crippen LogP contribution >= 0.6 is 0 Å². The topological polar surface area (TPSA) is 29.9 Å². The van der Waals surface area contributed by atoms with Crippen LogP contribution in [0.2, 0.25) is 0 Å². The van der Waals surface area contributed by atoms with Crippen molar-refractivity contribution in [3.63, 3.8) is 0 Å². The number of aryl methyl sites for hydroxylation is 1. The van der Waals surface area contributed by atoms with Gasteiger partial charge in [0.05, 0.1) is 6.20 Å². The summed E-state index contributed by atoms with van der Waals surface area (Å²) in [5.41, 5.74) is 0. The van der Waals surface area contributed by atoms with E-state index in [-0.39, 0.29) is 0 Å². The van der Waals surface area contributed by atoms with Gasteiger partial charge in [-0.25, -0.2) is 4.68 Å². The third-order valence-corrected chi connectivity index (χ3v) is 3.35. The molecule has 1 fully saturated rings. The molecular weight excluding hydrogens is 186 g/mol. The Labute approximate surface area is 91.9 Å². The monoisotopic (exact) mass is 207 g/mol. The second kappa shape index (κ2) is 4.69. The summed E-state index contributed by atoms with van der Waals surface area (Å²) in [6, 6.07) is 2.73. The van der Waals surface area contributed by atoms with Crippen LogP contribution in [-0.4, -0.2) is 15.8 Å². The number of hydrogen-bond donors (Lipinski definition) is 1. The molecule has 15 heavy (non-hydrogen) atoms. The molecule has 0 spiro atoms. The van der Waals surface area contributed by atoms with Gasteiger partial charge in [0.25, 0.3) is 0 Å². The van der Waals surface area contributed by atoms with Gasteiger partial charge >= 0.3 is 0 Å². The molecule has 2 atom stereocenters. The van der Waals surface area contributed by atoms with Crippen molar-refractivity contribution in [3.05, 3.63) is 12.3 Å². The smallest absolute Gasteiger partial charge is 0.124 e. The molecule has 2 rings (SSSR count). The Hall–Kier alpha value is -0.990. The number of hydrogen-bond acceptors (Lipinski definition) is 2. The third-order valence-electron chi connectivity index (χ3n) is 3.35. The maximum atomic E-state index is 4.33. The molecule has 1 aromatic heterocycles. The maximum Gasteiger partial charge on any atom is 0.124 e. The predicted octanol–water partition coefficient (Wildman–Crippen LogP) is 2.89. The van der Waals surface area contributed by atoms with Gasteiger partial charge in [-0.1, -0.05) is 20.3 Å². The van der Waals surface area contributed by atoms with Crippen molar-refractivity contribution in [1.29, 1.82) is 0 Å². The minimum atomic E-state index is 0.650. The summed E-state index contributed by atoms with van der Waals surface area (Å²) in [6.45, 7) is 5.53. The Morgan fingerprint density at radius 2 is 2.40 bits per heavy atom. The molecule has 0 aliphatic heterocycles. The van der Waals surface area contributed by atoms with Crippen LogP contribution in [0.15, 0.2) is 12.3 Å². The number of anilines is 1. The SMILES string of the molecule is CCCn1nccc1NC1CCCC1C. The minimum Gasteiger partial charge on any atom is -0.367 e. The van der Waals surface area contributed by atoms with Gasteiger partial charge in [-0.3, -0.25) is 0 Å². The van der Waals surface area contributed by atoms with Crippen LogP contribution in [0.1, 0.15) is 39.5 Å². The number of nitrogens with zero attached hydrogens (tertiary/aromatic N) is 2. The quantitative estimate of drug-likeness (QED) is 0.822. The van der Waals surface area contributed by atoms with Gasteiger partial charge in [-0.05, 0) is 25.2 Å². The molecule has 3 heteroatoms. The van der Waals surface area contributed by atoms with Crippen molar-refractivity contribution in [2.24, 2.45) is 5.92 Å². The summed E-state index contributed by atoms with van der Waals surface area (Å²) in [5.74, 6) is 1.99. The second-order valence-electron chi connectivity index (χ2n) is 4.60. The summed E-state index contributed by atoms with van der Waals surface area (Å²) in [4.78, 5) is 0. The van der Waals surface area contributed by atoms with E-state index < -0.39 is 0 Å². The molecule has 3 nitrogen and oxygen atoms in total. The van der Waals surface area contributed by atoms with Crippen LogP contribution in [-0.2, 0) is 6.54 Å². The lowest BCUT2D eigenvalue weighted by Crippen LogP contribution is -2.23. The molecule has 1 aliphatic rings. The van der Waals surface area contributed by atoms with E-state index in [0.29, 0.717) is 6.04 Å². The lowest BCUT2D eigenvalue weighted by Gasteiger charge is -2.19. The van der Waals surface area contributed by atoms with Crippen LogP contribution in [0.5, 0.6) is 0 Å². The first-order valence-electron chi connectivity index (χ1n) is 6.09. The molecule has 84 valence electrons. The summed E-state index contributed by atoms with van der Waals surface area (Å²) in [7, 11) is 0. The van der Waals surface area contributed by atoms with Crippen molar-refractivity contribution in [3.8, 4) is 0 Å². The van der Waals surface area contributed by atoms with E-state index in [1.165, 1.54) is 25.1 Å². The molecule has 0 bridgehead atoms. The molecular formula is C12H21N3. The Bertz CT molecular complexity index is 306. The van der Waals surface area contributed by atoms with Crippen molar-refractivity contribution >= 4 is 5.82 Å². The predicted molar refractivity (Wildman–Crippen MR) is 62.9 cm³/mol. The van der Waals surface area contributed by atoms with Crippen LogP contribution in [0.4, 0.5) is 5.82 Å².